The van der Waals surface area contributed by atoms with Crippen molar-refractivity contribution in [2.45, 2.75) is 63.8 Å². The molecule has 0 amide bonds. The van der Waals surface area contributed by atoms with E-state index in [1.807, 2.05) is 6.07 Å². The Morgan fingerprint density at radius 1 is 1.17 bits per heavy atom. The fourth-order valence-electron chi connectivity index (χ4n) is 4.65. The Bertz CT molecular complexity index is 642. The van der Waals surface area contributed by atoms with Crippen molar-refractivity contribution in [1.82, 2.24) is 0 Å². The first kappa shape index (κ1) is 16.0. The average Bonchev–Trinajstić information content (AvgIpc) is 2.84. The summed E-state index contributed by atoms with van der Waals surface area (Å²) >= 11 is 3.73. The van der Waals surface area contributed by atoms with Gasteiger partial charge in [-0.25, -0.2) is 0 Å². The molecule has 0 unspecified atom stereocenters. The zero-order valence-corrected chi connectivity index (χ0v) is 16.8. The number of fused-ring (bicyclic) bond motifs is 2. The van der Waals surface area contributed by atoms with Crippen LogP contribution < -0.4 is 9.47 Å². The van der Waals surface area contributed by atoms with Crippen molar-refractivity contribution < 1.29 is 13.9 Å². The molecular formula is C18H25BrO3Si. The molecule has 1 aromatic rings. The summed E-state index contributed by atoms with van der Waals surface area (Å²) in [4.78, 5) is 0. The average molecular weight is 397 g/mol. The largest absolute Gasteiger partial charge is 0.454 e. The van der Waals surface area contributed by atoms with Crippen LogP contribution in [0.25, 0.3) is 0 Å². The van der Waals surface area contributed by atoms with E-state index in [0.29, 0.717) is 12.2 Å². The number of hydrogen-bond donors (Lipinski definition) is 0. The third-order valence-electron chi connectivity index (χ3n) is 5.55. The second-order valence-corrected chi connectivity index (χ2v) is 13.6. The van der Waals surface area contributed by atoms with Gasteiger partial charge in [-0.2, -0.15) is 0 Å². The molecule has 1 aliphatic heterocycles. The van der Waals surface area contributed by atoms with Crippen LogP contribution in [-0.4, -0.2) is 20.7 Å². The minimum atomic E-state index is -1.54. The van der Waals surface area contributed by atoms with Gasteiger partial charge in [0.15, 0.2) is 19.8 Å². The molecule has 1 aromatic carbocycles. The summed E-state index contributed by atoms with van der Waals surface area (Å²) in [5.41, 5.74) is 1.69. The van der Waals surface area contributed by atoms with E-state index in [1.54, 1.807) is 0 Å². The molecule has 4 rings (SSSR count). The molecule has 0 aromatic heterocycles. The Balaban J connectivity index is 1.65. The maximum atomic E-state index is 6.73. The minimum Gasteiger partial charge on any atom is -0.454 e. The second-order valence-electron chi connectivity index (χ2n) is 8.31. The lowest BCUT2D eigenvalue weighted by Crippen LogP contribution is -2.39. The summed E-state index contributed by atoms with van der Waals surface area (Å²) in [6, 6.07) is 4.08. The topological polar surface area (TPSA) is 27.7 Å². The van der Waals surface area contributed by atoms with Crippen LogP contribution in [0.5, 0.6) is 11.5 Å². The zero-order chi connectivity index (χ0) is 16.3. The molecule has 0 saturated heterocycles. The molecule has 1 heterocycles. The molecule has 2 aliphatic carbocycles. The van der Waals surface area contributed by atoms with Crippen molar-refractivity contribution in [3.05, 3.63) is 22.2 Å². The van der Waals surface area contributed by atoms with Gasteiger partial charge in [0, 0.05) is 15.5 Å². The molecular weight excluding hydrogens is 372 g/mol. The number of benzene rings is 1. The van der Waals surface area contributed by atoms with Crippen LogP contribution in [0.2, 0.25) is 19.6 Å². The van der Waals surface area contributed by atoms with Crippen LogP contribution in [0.4, 0.5) is 0 Å². The van der Waals surface area contributed by atoms with Crippen LogP contribution >= 0.6 is 15.9 Å². The van der Waals surface area contributed by atoms with Crippen molar-refractivity contribution in [2.75, 3.05) is 6.79 Å². The van der Waals surface area contributed by atoms with Gasteiger partial charge in [0.05, 0.1) is 5.60 Å². The highest BCUT2D eigenvalue weighted by Crippen LogP contribution is 2.69. The Labute approximate surface area is 148 Å². The van der Waals surface area contributed by atoms with E-state index in [0.717, 1.165) is 22.4 Å². The van der Waals surface area contributed by atoms with Gasteiger partial charge < -0.3 is 13.9 Å². The van der Waals surface area contributed by atoms with E-state index in [2.05, 4.69) is 41.6 Å². The van der Waals surface area contributed by atoms with Crippen LogP contribution in [0, 0.1) is 5.41 Å². The standard InChI is InChI=1S/C18H25BrO3Si/c1-23(2,3)22-18-9-5-4-8-17(18,11-18)10-13-14(19)6-7-15-16(13)21-12-20-15/h6-7H,4-5,8-12H2,1-3H3/t17-,18+/m0/s1. The first-order chi connectivity index (χ1) is 10.8. The molecule has 2 fully saturated rings. The SMILES string of the molecule is C[Si](C)(C)O[C@@]12CCCC[C@]1(Cc1c(Br)ccc3c1OCO3)C2. The van der Waals surface area contributed by atoms with Gasteiger partial charge in [-0.1, -0.05) is 28.8 Å². The molecule has 3 aliphatic rings. The highest BCUT2D eigenvalue weighted by atomic mass is 79.9. The molecule has 2 atom stereocenters. The maximum absolute atomic E-state index is 6.73. The van der Waals surface area contributed by atoms with E-state index in [9.17, 15) is 0 Å². The smallest absolute Gasteiger partial charge is 0.231 e. The normalized spacial score (nSPS) is 31.8. The fourth-order valence-corrected chi connectivity index (χ4v) is 6.66. The van der Waals surface area contributed by atoms with Crippen LogP contribution in [0.3, 0.4) is 0 Å². The van der Waals surface area contributed by atoms with E-state index in [4.69, 9.17) is 13.9 Å². The molecule has 2 saturated carbocycles. The lowest BCUT2D eigenvalue weighted by atomic mass is 9.81. The predicted molar refractivity (Wildman–Crippen MR) is 96.6 cm³/mol. The van der Waals surface area contributed by atoms with Crippen molar-refractivity contribution in [3.8, 4) is 11.5 Å². The van der Waals surface area contributed by atoms with Crippen LogP contribution in [0.15, 0.2) is 16.6 Å². The Kier molecular flexibility index (Phi) is 3.64. The highest BCUT2D eigenvalue weighted by Gasteiger charge is 2.69. The van der Waals surface area contributed by atoms with Gasteiger partial charge in [-0.05, 0) is 57.5 Å². The summed E-state index contributed by atoms with van der Waals surface area (Å²) in [6.07, 6.45) is 7.36. The molecule has 0 radical (unpaired) electrons. The van der Waals surface area contributed by atoms with Gasteiger partial charge in [-0.3, -0.25) is 0 Å². The quantitative estimate of drug-likeness (QED) is 0.648. The van der Waals surface area contributed by atoms with Crippen LogP contribution in [-0.2, 0) is 10.8 Å². The third kappa shape index (κ3) is 2.65. The molecule has 126 valence electrons. The maximum Gasteiger partial charge on any atom is 0.231 e. The van der Waals surface area contributed by atoms with E-state index in [1.165, 1.54) is 37.7 Å². The van der Waals surface area contributed by atoms with E-state index < -0.39 is 8.32 Å². The van der Waals surface area contributed by atoms with Gasteiger partial charge >= 0.3 is 0 Å². The summed E-state index contributed by atoms with van der Waals surface area (Å²) in [7, 11) is -1.54. The van der Waals surface area contributed by atoms with Crippen molar-refractivity contribution in [1.29, 1.82) is 0 Å². The molecule has 23 heavy (non-hydrogen) atoms. The number of halogens is 1. The Morgan fingerprint density at radius 3 is 2.74 bits per heavy atom. The summed E-state index contributed by atoms with van der Waals surface area (Å²) in [6.45, 7) is 7.27. The second kappa shape index (κ2) is 5.23. The summed E-state index contributed by atoms with van der Waals surface area (Å²) in [5, 5.41) is 0. The predicted octanol–water partition coefficient (Wildman–Crippen LogP) is 5.27. The number of rotatable bonds is 4. The lowest BCUT2D eigenvalue weighted by Gasteiger charge is -2.35. The molecule has 3 nitrogen and oxygen atoms in total. The summed E-state index contributed by atoms with van der Waals surface area (Å²) in [5.74, 6) is 1.82. The van der Waals surface area contributed by atoms with Crippen molar-refractivity contribution in [2.24, 2.45) is 5.41 Å². The fraction of sp³-hybridized carbons (Fsp3) is 0.667. The first-order valence-electron chi connectivity index (χ1n) is 8.61. The molecule has 5 heteroatoms. The van der Waals surface area contributed by atoms with Gasteiger partial charge in [-0.15, -0.1) is 0 Å². The third-order valence-corrected chi connectivity index (χ3v) is 7.30. The van der Waals surface area contributed by atoms with Gasteiger partial charge in [0.2, 0.25) is 6.79 Å². The monoisotopic (exact) mass is 396 g/mol. The summed E-state index contributed by atoms with van der Waals surface area (Å²) < 4.78 is 19.2. The number of ether oxygens (including phenoxy) is 2. The first-order valence-corrected chi connectivity index (χ1v) is 12.8. The zero-order valence-electron chi connectivity index (χ0n) is 14.2. The van der Waals surface area contributed by atoms with Crippen molar-refractivity contribution >= 4 is 24.2 Å². The molecule has 0 bridgehead atoms. The Morgan fingerprint density at radius 2 is 1.96 bits per heavy atom. The van der Waals surface area contributed by atoms with E-state index >= 15 is 0 Å². The number of hydrogen-bond acceptors (Lipinski definition) is 3. The molecule has 0 N–H and O–H groups in total. The minimum absolute atomic E-state index is 0.122. The highest BCUT2D eigenvalue weighted by molar-refractivity contribution is 9.10. The Hall–Kier alpha value is -0.523. The molecule has 0 spiro atoms. The van der Waals surface area contributed by atoms with Crippen molar-refractivity contribution in [3.63, 3.8) is 0 Å². The van der Waals surface area contributed by atoms with Gasteiger partial charge in [0.1, 0.15) is 0 Å². The lowest BCUT2D eigenvalue weighted by molar-refractivity contribution is 0.0793. The van der Waals surface area contributed by atoms with Crippen LogP contribution in [0.1, 0.15) is 37.7 Å². The van der Waals surface area contributed by atoms with Gasteiger partial charge in [0.25, 0.3) is 0 Å². The van der Waals surface area contributed by atoms with E-state index in [-0.39, 0.29) is 5.60 Å².